The van der Waals surface area contributed by atoms with Crippen molar-refractivity contribution in [3.63, 3.8) is 0 Å². The largest absolute Gasteiger partial charge is 0.343 e. The van der Waals surface area contributed by atoms with Crippen LogP contribution < -0.4 is 5.32 Å². The molecule has 0 bridgehead atoms. The van der Waals surface area contributed by atoms with Crippen LogP contribution in [0.3, 0.4) is 0 Å². The smallest absolute Gasteiger partial charge is 0.245 e. The van der Waals surface area contributed by atoms with Gasteiger partial charge in [0.1, 0.15) is 12.7 Å². The van der Waals surface area contributed by atoms with Crippen LogP contribution >= 0.6 is 0 Å². The van der Waals surface area contributed by atoms with Gasteiger partial charge in [0.05, 0.1) is 6.54 Å². The Labute approximate surface area is 69.7 Å². The molecule has 12 heavy (non-hydrogen) atoms. The van der Waals surface area contributed by atoms with Crippen molar-refractivity contribution in [2.45, 2.75) is 13.0 Å². The van der Waals surface area contributed by atoms with Crippen molar-refractivity contribution in [3.05, 3.63) is 0 Å². The van der Waals surface area contributed by atoms with Crippen molar-refractivity contribution in [1.29, 1.82) is 0 Å². The molecule has 1 heterocycles. The lowest BCUT2D eigenvalue weighted by molar-refractivity contribution is -0.143. The Morgan fingerprint density at radius 3 is 2.92 bits per heavy atom. The molecule has 1 aliphatic heterocycles. The molecular formula is C7H11FN2O2. The Bertz CT molecular complexity index is 208. The van der Waals surface area contributed by atoms with Gasteiger partial charge in [-0.1, -0.05) is 0 Å². The normalized spacial score (nSPS) is 24.2. The summed E-state index contributed by atoms with van der Waals surface area (Å²) >= 11 is 0. The molecule has 0 radical (unpaired) electrons. The fourth-order valence-corrected chi connectivity index (χ4v) is 1.17. The molecule has 5 heteroatoms. The van der Waals surface area contributed by atoms with Gasteiger partial charge in [0, 0.05) is 6.54 Å². The van der Waals surface area contributed by atoms with E-state index in [1.54, 1.807) is 6.92 Å². The molecule has 1 atom stereocenters. The molecule has 1 saturated heterocycles. The van der Waals surface area contributed by atoms with Crippen molar-refractivity contribution in [2.75, 3.05) is 19.8 Å². The van der Waals surface area contributed by atoms with E-state index in [2.05, 4.69) is 5.32 Å². The van der Waals surface area contributed by atoms with Crippen LogP contribution in [0.4, 0.5) is 4.39 Å². The third kappa shape index (κ3) is 1.72. The van der Waals surface area contributed by atoms with Gasteiger partial charge in [0.15, 0.2) is 0 Å². The summed E-state index contributed by atoms with van der Waals surface area (Å²) in [5.74, 6) is -0.442. The number of hydrogen-bond acceptors (Lipinski definition) is 2. The van der Waals surface area contributed by atoms with E-state index in [1.165, 1.54) is 4.90 Å². The fraction of sp³-hybridized carbons (Fsp3) is 0.714. The van der Waals surface area contributed by atoms with Gasteiger partial charge in [-0.25, -0.2) is 4.39 Å². The summed E-state index contributed by atoms with van der Waals surface area (Å²) in [5, 5.41) is 2.46. The van der Waals surface area contributed by atoms with E-state index < -0.39 is 12.7 Å². The summed E-state index contributed by atoms with van der Waals surface area (Å²) in [6.07, 6.45) is 0. The van der Waals surface area contributed by atoms with Crippen molar-refractivity contribution in [2.24, 2.45) is 0 Å². The summed E-state index contributed by atoms with van der Waals surface area (Å²) in [5.41, 5.74) is 0. The highest BCUT2D eigenvalue weighted by atomic mass is 19.1. The van der Waals surface area contributed by atoms with Gasteiger partial charge in [-0.3, -0.25) is 9.59 Å². The number of carbonyl (C=O) groups is 2. The van der Waals surface area contributed by atoms with Crippen LogP contribution in [-0.2, 0) is 9.59 Å². The minimum absolute atomic E-state index is 0.0105. The van der Waals surface area contributed by atoms with Crippen molar-refractivity contribution in [1.82, 2.24) is 10.2 Å². The van der Waals surface area contributed by atoms with Gasteiger partial charge in [-0.15, -0.1) is 0 Å². The molecule has 4 nitrogen and oxygen atoms in total. The zero-order chi connectivity index (χ0) is 9.14. The van der Waals surface area contributed by atoms with Gasteiger partial charge in [-0.2, -0.15) is 0 Å². The lowest BCUT2D eigenvalue weighted by Gasteiger charge is -2.29. The Balaban J connectivity index is 2.60. The Morgan fingerprint density at radius 2 is 2.33 bits per heavy atom. The summed E-state index contributed by atoms with van der Waals surface area (Å²) < 4.78 is 11.9. The maximum atomic E-state index is 11.9. The molecule has 0 spiro atoms. The number of rotatable bonds is 2. The molecule has 1 N–H and O–H groups in total. The number of nitrogens with zero attached hydrogens (tertiary/aromatic N) is 1. The quantitative estimate of drug-likeness (QED) is 0.602. The molecule has 1 unspecified atom stereocenters. The second kappa shape index (κ2) is 3.51. The molecular weight excluding hydrogens is 163 g/mol. The SMILES string of the molecule is CC1NC(=O)CN(CCF)C1=O. The maximum absolute atomic E-state index is 11.9. The number of amides is 2. The van der Waals surface area contributed by atoms with Gasteiger partial charge in [0.2, 0.25) is 11.8 Å². The van der Waals surface area contributed by atoms with Crippen LogP contribution in [-0.4, -0.2) is 42.5 Å². The first kappa shape index (κ1) is 8.96. The standard InChI is InChI=1S/C7H11FN2O2/c1-5-7(12)10(3-2-8)4-6(11)9-5/h5H,2-4H2,1H3,(H,9,11). The van der Waals surface area contributed by atoms with Crippen LogP contribution in [0, 0.1) is 0 Å². The van der Waals surface area contributed by atoms with Crippen molar-refractivity contribution in [3.8, 4) is 0 Å². The van der Waals surface area contributed by atoms with E-state index >= 15 is 0 Å². The highest BCUT2D eigenvalue weighted by Gasteiger charge is 2.28. The van der Waals surface area contributed by atoms with Gasteiger partial charge >= 0.3 is 0 Å². The van der Waals surface area contributed by atoms with E-state index in [0.29, 0.717) is 0 Å². The molecule has 0 aliphatic carbocycles. The Morgan fingerprint density at radius 1 is 1.67 bits per heavy atom. The number of halogens is 1. The molecule has 1 rings (SSSR count). The summed E-state index contributed by atoms with van der Waals surface area (Å²) in [7, 11) is 0. The molecule has 0 aromatic rings. The van der Waals surface area contributed by atoms with Crippen LogP contribution in [0.25, 0.3) is 0 Å². The lowest BCUT2D eigenvalue weighted by atomic mass is 10.2. The van der Waals surface area contributed by atoms with Crippen LogP contribution in [0.15, 0.2) is 0 Å². The van der Waals surface area contributed by atoms with E-state index in [4.69, 9.17) is 0 Å². The highest BCUT2D eigenvalue weighted by molar-refractivity contribution is 5.94. The predicted molar refractivity (Wildman–Crippen MR) is 40.2 cm³/mol. The lowest BCUT2D eigenvalue weighted by Crippen LogP contribution is -2.57. The van der Waals surface area contributed by atoms with Crippen molar-refractivity contribution >= 4 is 11.8 Å². The summed E-state index contributed by atoms with van der Waals surface area (Å²) in [4.78, 5) is 23.3. The number of carbonyl (C=O) groups excluding carboxylic acids is 2. The number of nitrogens with one attached hydrogen (secondary N) is 1. The van der Waals surface area contributed by atoms with Crippen LogP contribution in [0.5, 0.6) is 0 Å². The number of alkyl halides is 1. The molecule has 1 aliphatic rings. The van der Waals surface area contributed by atoms with E-state index in [9.17, 15) is 14.0 Å². The summed E-state index contributed by atoms with van der Waals surface area (Å²) in [6, 6.07) is -0.516. The first-order valence-corrected chi connectivity index (χ1v) is 3.79. The summed E-state index contributed by atoms with van der Waals surface area (Å²) in [6.45, 7) is 0.972. The van der Waals surface area contributed by atoms with E-state index in [-0.39, 0.29) is 24.9 Å². The molecule has 2 amide bonds. The topological polar surface area (TPSA) is 49.4 Å². The third-order valence-electron chi connectivity index (χ3n) is 1.75. The van der Waals surface area contributed by atoms with Gasteiger partial charge < -0.3 is 10.2 Å². The second-order valence-electron chi connectivity index (χ2n) is 2.74. The van der Waals surface area contributed by atoms with Crippen molar-refractivity contribution < 1.29 is 14.0 Å². The predicted octanol–water partition coefficient (Wildman–Crippen LogP) is -0.697. The maximum Gasteiger partial charge on any atom is 0.245 e. The molecule has 0 aromatic heterocycles. The third-order valence-corrected chi connectivity index (χ3v) is 1.75. The number of piperazine rings is 1. The van der Waals surface area contributed by atoms with Crippen LogP contribution in [0.2, 0.25) is 0 Å². The molecule has 0 aromatic carbocycles. The fourth-order valence-electron chi connectivity index (χ4n) is 1.17. The Hall–Kier alpha value is -1.13. The van der Waals surface area contributed by atoms with Crippen LogP contribution in [0.1, 0.15) is 6.92 Å². The van der Waals surface area contributed by atoms with E-state index in [1.807, 2.05) is 0 Å². The highest BCUT2D eigenvalue weighted by Crippen LogP contribution is 2.01. The first-order chi connectivity index (χ1) is 5.65. The number of hydrogen-bond donors (Lipinski definition) is 1. The first-order valence-electron chi connectivity index (χ1n) is 3.79. The van der Waals surface area contributed by atoms with Gasteiger partial charge in [-0.05, 0) is 6.92 Å². The van der Waals surface area contributed by atoms with Gasteiger partial charge in [0.25, 0.3) is 0 Å². The average Bonchev–Trinajstić information content (AvgIpc) is 2.00. The molecule has 0 saturated carbocycles. The average molecular weight is 174 g/mol. The molecule has 1 fully saturated rings. The minimum Gasteiger partial charge on any atom is -0.343 e. The monoisotopic (exact) mass is 174 g/mol. The minimum atomic E-state index is -0.605. The molecule has 68 valence electrons. The zero-order valence-electron chi connectivity index (χ0n) is 6.84. The van der Waals surface area contributed by atoms with E-state index in [0.717, 1.165) is 0 Å². The second-order valence-corrected chi connectivity index (χ2v) is 2.74. The Kier molecular flexibility index (Phi) is 2.62. The zero-order valence-corrected chi connectivity index (χ0v) is 6.84.